The van der Waals surface area contributed by atoms with Crippen molar-refractivity contribution in [3.8, 4) is 17.2 Å². The molecule has 1 heterocycles. The maximum Gasteiger partial charge on any atom is 0.335 e. The van der Waals surface area contributed by atoms with Crippen molar-refractivity contribution in [2.45, 2.75) is 0 Å². The molecule has 3 aromatic rings. The van der Waals surface area contributed by atoms with Crippen molar-refractivity contribution in [1.82, 2.24) is 5.32 Å². The van der Waals surface area contributed by atoms with E-state index in [9.17, 15) is 14.4 Å². The monoisotopic (exact) mass is 614 g/mol. The molecule has 1 saturated heterocycles. The molecule has 1 fully saturated rings. The summed E-state index contributed by atoms with van der Waals surface area (Å²) in [7, 11) is 1.49. The Morgan fingerprint density at radius 2 is 1.47 bits per heavy atom. The topological polar surface area (TPSA) is 94.2 Å². The second-order valence-electron chi connectivity index (χ2n) is 7.50. The Labute approximate surface area is 224 Å². The van der Waals surface area contributed by atoms with Gasteiger partial charge in [0.15, 0.2) is 11.5 Å². The largest absolute Gasteiger partial charge is 0.493 e. The average Bonchev–Trinajstić information content (AvgIpc) is 2.87. The predicted molar refractivity (Wildman–Crippen MR) is 141 cm³/mol. The molecule has 8 nitrogen and oxygen atoms in total. The number of ether oxygens (including phenoxy) is 3. The number of rotatable bonds is 8. The number of hydrogen-bond donors (Lipinski definition) is 1. The quantitative estimate of drug-likeness (QED) is 0.209. The molecule has 0 aliphatic carbocycles. The van der Waals surface area contributed by atoms with E-state index in [4.69, 9.17) is 14.2 Å². The number of anilines is 1. The highest BCUT2D eigenvalue weighted by molar-refractivity contribution is 9.10. The first-order valence-corrected chi connectivity index (χ1v) is 12.3. The number of benzene rings is 3. The van der Waals surface area contributed by atoms with Crippen LogP contribution in [0.15, 0.2) is 81.2 Å². The molecule has 0 atom stereocenters. The van der Waals surface area contributed by atoms with Crippen LogP contribution >= 0.6 is 31.9 Å². The van der Waals surface area contributed by atoms with Crippen LogP contribution in [0.2, 0.25) is 0 Å². The van der Waals surface area contributed by atoms with Crippen molar-refractivity contribution in [3.05, 3.63) is 86.8 Å². The minimum Gasteiger partial charge on any atom is -0.493 e. The molecule has 1 aliphatic heterocycles. The summed E-state index contributed by atoms with van der Waals surface area (Å²) in [5, 5.41) is 2.21. The summed E-state index contributed by atoms with van der Waals surface area (Å²) in [6.45, 7) is 0.600. The molecule has 184 valence electrons. The van der Waals surface area contributed by atoms with Gasteiger partial charge >= 0.3 is 6.03 Å². The van der Waals surface area contributed by atoms with Gasteiger partial charge in [-0.15, -0.1) is 0 Å². The molecule has 0 aromatic heterocycles. The molecular weight excluding hydrogens is 596 g/mol. The van der Waals surface area contributed by atoms with E-state index < -0.39 is 17.8 Å². The van der Waals surface area contributed by atoms with Crippen molar-refractivity contribution in [2.24, 2.45) is 0 Å². The lowest BCUT2D eigenvalue weighted by molar-refractivity contribution is -0.122. The van der Waals surface area contributed by atoms with E-state index in [1.54, 1.807) is 42.5 Å². The van der Waals surface area contributed by atoms with E-state index in [0.717, 1.165) is 19.6 Å². The van der Waals surface area contributed by atoms with Gasteiger partial charge in [-0.3, -0.25) is 14.9 Å². The summed E-state index contributed by atoms with van der Waals surface area (Å²) in [4.78, 5) is 38.8. The molecule has 0 spiro atoms. The number of hydrogen-bond acceptors (Lipinski definition) is 6. The molecule has 4 rings (SSSR count). The lowest BCUT2D eigenvalue weighted by atomic mass is 10.1. The Kier molecular flexibility index (Phi) is 8.07. The smallest absolute Gasteiger partial charge is 0.335 e. The Bertz CT molecular complexity index is 1320. The first-order chi connectivity index (χ1) is 17.4. The van der Waals surface area contributed by atoms with Crippen molar-refractivity contribution in [2.75, 3.05) is 25.2 Å². The van der Waals surface area contributed by atoms with E-state index in [1.807, 2.05) is 24.3 Å². The fourth-order valence-electron chi connectivity index (χ4n) is 3.38. The van der Waals surface area contributed by atoms with E-state index in [-0.39, 0.29) is 12.2 Å². The van der Waals surface area contributed by atoms with Crippen LogP contribution in [-0.2, 0) is 9.59 Å². The SMILES string of the molecule is COc1cc(/C=C2/C(=O)NC(=O)N(c3ccc(Br)cc3)C2=O)ccc1OCCOc1ccc(Br)cc1. The number of carbonyl (C=O) groups is 3. The van der Waals surface area contributed by atoms with Crippen LogP contribution in [-0.4, -0.2) is 38.2 Å². The average molecular weight is 616 g/mol. The maximum absolute atomic E-state index is 13.1. The van der Waals surface area contributed by atoms with Crippen molar-refractivity contribution >= 4 is 61.5 Å². The number of barbiturate groups is 1. The van der Waals surface area contributed by atoms with Crippen molar-refractivity contribution < 1.29 is 28.6 Å². The molecule has 1 N–H and O–H groups in total. The molecule has 36 heavy (non-hydrogen) atoms. The van der Waals surface area contributed by atoms with Crippen molar-refractivity contribution in [1.29, 1.82) is 0 Å². The number of halogens is 2. The van der Waals surface area contributed by atoms with Gasteiger partial charge in [0.2, 0.25) is 0 Å². The zero-order valence-electron chi connectivity index (χ0n) is 19.0. The highest BCUT2D eigenvalue weighted by atomic mass is 79.9. The number of urea groups is 1. The zero-order chi connectivity index (χ0) is 25.7. The van der Waals surface area contributed by atoms with Gasteiger partial charge in [-0.05, 0) is 72.3 Å². The second-order valence-corrected chi connectivity index (χ2v) is 9.33. The lowest BCUT2D eigenvalue weighted by Gasteiger charge is -2.26. The molecule has 0 bridgehead atoms. The highest BCUT2D eigenvalue weighted by Crippen LogP contribution is 2.30. The fraction of sp³-hybridized carbons (Fsp3) is 0.115. The van der Waals surface area contributed by atoms with Gasteiger partial charge in [0.25, 0.3) is 11.8 Å². The number of amides is 4. The zero-order valence-corrected chi connectivity index (χ0v) is 22.2. The summed E-state index contributed by atoms with van der Waals surface area (Å²) < 4.78 is 18.6. The van der Waals surface area contributed by atoms with Gasteiger partial charge in [-0.25, -0.2) is 9.69 Å². The van der Waals surface area contributed by atoms with Crippen LogP contribution < -0.4 is 24.4 Å². The number of imide groups is 2. The molecule has 0 unspecified atom stereocenters. The predicted octanol–water partition coefficient (Wildman–Crippen LogP) is 5.34. The van der Waals surface area contributed by atoms with Gasteiger partial charge in [-0.2, -0.15) is 0 Å². The standard InChI is InChI=1S/C26H20Br2N2O6/c1-34-23-15-16(2-11-22(23)36-13-12-35-20-9-5-18(28)6-10-20)14-21-24(31)29-26(33)30(25(21)32)19-7-3-17(27)4-8-19/h2-11,14-15H,12-13H2,1H3,(H,29,31,33)/b21-14-. The number of methoxy groups -OCH3 is 1. The van der Waals surface area contributed by atoms with E-state index in [0.29, 0.717) is 29.4 Å². The Hall–Kier alpha value is -3.63. The molecule has 10 heteroatoms. The first-order valence-electron chi connectivity index (χ1n) is 10.7. The fourth-order valence-corrected chi connectivity index (χ4v) is 3.91. The van der Waals surface area contributed by atoms with Gasteiger partial charge in [0.1, 0.15) is 24.5 Å². The Balaban J connectivity index is 1.47. The Morgan fingerprint density at radius 3 is 2.14 bits per heavy atom. The summed E-state index contributed by atoms with van der Waals surface area (Å²) in [6, 6.07) is 18.3. The lowest BCUT2D eigenvalue weighted by Crippen LogP contribution is -2.54. The third kappa shape index (κ3) is 5.95. The number of carbonyl (C=O) groups excluding carboxylic acids is 3. The normalized spacial score (nSPS) is 14.6. The molecular formula is C26H20Br2N2O6. The minimum atomic E-state index is -0.809. The third-order valence-corrected chi connectivity index (χ3v) is 6.17. The van der Waals surface area contributed by atoms with E-state index in [2.05, 4.69) is 37.2 Å². The first kappa shape index (κ1) is 25.5. The van der Waals surface area contributed by atoms with E-state index >= 15 is 0 Å². The van der Waals surface area contributed by atoms with Crippen LogP contribution in [0.25, 0.3) is 6.08 Å². The van der Waals surface area contributed by atoms with Gasteiger partial charge in [-0.1, -0.05) is 37.9 Å². The van der Waals surface area contributed by atoms with Crippen LogP contribution in [0.3, 0.4) is 0 Å². The second kappa shape index (κ2) is 11.4. The Morgan fingerprint density at radius 1 is 0.833 bits per heavy atom. The summed E-state index contributed by atoms with van der Waals surface area (Å²) in [6.07, 6.45) is 1.40. The number of nitrogens with zero attached hydrogens (tertiary/aromatic N) is 1. The molecule has 0 saturated carbocycles. The molecule has 3 aromatic carbocycles. The molecule has 0 radical (unpaired) electrons. The third-order valence-electron chi connectivity index (χ3n) is 5.11. The van der Waals surface area contributed by atoms with Crippen LogP contribution in [0, 0.1) is 0 Å². The number of nitrogens with one attached hydrogen (secondary N) is 1. The van der Waals surface area contributed by atoms with Gasteiger partial charge in [0.05, 0.1) is 12.8 Å². The van der Waals surface area contributed by atoms with Gasteiger partial charge < -0.3 is 14.2 Å². The maximum atomic E-state index is 13.1. The van der Waals surface area contributed by atoms with Gasteiger partial charge in [0, 0.05) is 8.95 Å². The van der Waals surface area contributed by atoms with Crippen LogP contribution in [0.4, 0.5) is 10.5 Å². The van der Waals surface area contributed by atoms with Crippen molar-refractivity contribution in [3.63, 3.8) is 0 Å². The van der Waals surface area contributed by atoms with Crippen LogP contribution in [0.1, 0.15) is 5.56 Å². The minimum absolute atomic E-state index is 0.184. The molecule has 1 aliphatic rings. The van der Waals surface area contributed by atoms with E-state index in [1.165, 1.54) is 13.2 Å². The summed E-state index contributed by atoms with van der Waals surface area (Å²) in [5.41, 5.74) is 0.677. The summed E-state index contributed by atoms with van der Waals surface area (Å²) in [5.74, 6) is 0.114. The van der Waals surface area contributed by atoms with Crippen LogP contribution in [0.5, 0.6) is 17.2 Å². The molecule has 4 amide bonds. The highest BCUT2D eigenvalue weighted by Gasteiger charge is 2.36. The summed E-state index contributed by atoms with van der Waals surface area (Å²) >= 11 is 6.70.